The van der Waals surface area contributed by atoms with E-state index in [1.165, 1.54) is 5.57 Å². The molecule has 1 aliphatic heterocycles. The molecule has 0 bridgehead atoms. The largest absolute Gasteiger partial charge is 0.390 e. The fourth-order valence-corrected chi connectivity index (χ4v) is 3.34. The van der Waals surface area contributed by atoms with E-state index in [-0.39, 0.29) is 11.7 Å². The van der Waals surface area contributed by atoms with Crippen molar-refractivity contribution in [2.24, 2.45) is 5.41 Å². The molecule has 0 amide bonds. The van der Waals surface area contributed by atoms with Crippen molar-refractivity contribution in [1.82, 2.24) is 0 Å². The van der Waals surface area contributed by atoms with Crippen molar-refractivity contribution in [3.8, 4) is 0 Å². The Morgan fingerprint density at radius 2 is 2.00 bits per heavy atom. The highest BCUT2D eigenvalue weighted by Gasteiger charge is 2.51. The second-order valence-corrected chi connectivity index (χ2v) is 5.04. The van der Waals surface area contributed by atoms with Crippen LogP contribution in [0.3, 0.4) is 0 Å². The van der Waals surface area contributed by atoms with Crippen LogP contribution in [0.25, 0.3) is 0 Å². The normalized spacial score (nSPS) is 44.5. The molecule has 16 heavy (non-hydrogen) atoms. The van der Waals surface area contributed by atoms with Gasteiger partial charge in [0.25, 0.3) is 0 Å². The Morgan fingerprint density at radius 1 is 1.25 bits per heavy atom. The summed E-state index contributed by atoms with van der Waals surface area (Å²) in [4.78, 5) is 0. The molecule has 0 aromatic heterocycles. The molecule has 4 heteroatoms. The zero-order chi connectivity index (χ0) is 11.2. The van der Waals surface area contributed by atoms with E-state index >= 15 is 0 Å². The van der Waals surface area contributed by atoms with Gasteiger partial charge in [0.2, 0.25) is 0 Å². The van der Waals surface area contributed by atoms with Crippen LogP contribution in [0.4, 0.5) is 0 Å². The number of aliphatic hydroxyl groups is 2. The van der Waals surface area contributed by atoms with Gasteiger partial charge in [-0.1, -0.05) is 11.6 Å². The van der Waals surface area contributed by atoms with Gasteiger partial charge in [-0.05, 0) is 25.7 Å². The second kappa shape index (κ2) is 3.81. The molecule has 4 nitrogen and oxygen atoms in total. The van der Waals surface area contributed by atoms with E-state index in [4.69, 9.17) is 9.47 Å². The van der Waals surface area contributed by atoms with E-state index in [1.807, 2.05) is 6.08 Å². The standard InChI is InChI=1S/C12H18O4/c13-9-6-8-2-1-3-12(8,7-10(9)14)11-15-4-5-16-11/h6,9-11,13-14H,1-5,7H2/t9?,10?,12-/m1/s1. The Kier molecular flexibility index (Phi) is 2.55. The molecule has 0 aromatic carbocycles. The number of aliphatic hydroxyl groups excluding tert-OH is 2. The van der Waals surface area contributed by atoms with Crippen LogP contribution in [0.5, 0.6) is 0 Å². The zero-order valence-electron chi connectivity index (χ0n) is 9.26. The number of rotatable bonds is 1. The molecule has 3 atom stereocenters. The third kappa shape index (κ3) is 1.44. The molecule has 2 unspecified atom stereocenters. The molecule has 2 fully saturated rings. The van der Waals surface area contributed by atoms with Gasteiger partial charge in [-0.25, -0.2) is 0 Å². The minimum Gasteiger partial charge on any atom is -0.390 e. The molecule has 0 aromatic rings. The number of hydrogen-bond donors (Lipinski definition) is 2. The van der Waals surface area contributed by atoms with Crippen molar-refractivity contribution in [3.63, 3.8) is 0 Å². The molecular weight excluding hydrogens is 208 g/mol. The monoisotopic (exact) mass is 226 g/mol. The first-order valence-corrected chi connectivity index (χ1v) is 6.03. The first-order valence-electron chi connectivity index (χ1n) is 6.03. The SMILES string of the molecule is OC1C=C2CCC[C@@]2(C2OCCO2)CC1O. The molecule has 0 spiro atoms. The van der Waals surface area contributed by atoms with Gasteiger partial charge in [0.1, 0.15) is 0 Å². The van der Waals surface area contributed by atoms with Gasteiger partial charge in [-0.2, -0.15) is 0 Å². The van der Waals surface area contributed by atoms with Crippen molar-refractivity contribution >= 4 is 0 Å². The second-order valence-electron chi connectivity index (χ2n) is 5.04. The average molecular weight is 226 g/mol. The summed E-state index contributed by atoms with van der Waals surface area (Å²) in [7, 11) is 0. The quantitative estimate of drug-likeness (QED) is 0.642. The van der Waals surface area contributed by atoms with Gasteiger partial charge in [-0.3, -0.25) is 0 Å². The predicted molar refractivity (Wildman–Crippen MR) is 56.7 cm³/mol. The first-order chi connectivity index (χ1) is 7.72. The topological polar surface area (TPSA) is 58.9 Å². The van der Waals surface area contributed by atoms with Crippen LogP contribution in [0.1, 0.15) is 25.7 Å². The Balaban J connectivity index is 1.94. The van der Waals surface area contributed by atoms with Gasteiger partial charge in [-0.15, -0.1) is 0 Å². The smallest absolute Gasteiger partial charge is 0.167 e. The highest BCUT2D eigenvalue weighted by atomic mass is 16.7. The van der Waals surface area contributed by atoms with E-state index in [0.29, 0.717) is 19.6 Å². The third-order valence-corrected chi connectivity index (χ3v) is 4.12. The molecule has 3 aliphatic rings. The maximum absolute atomic E-state index is 9.84. The predicted octanol–water partition coefficient (Wildman–Crippen LogP) is 0.581. The van der Waals surface area contributed by atoms with Crippen LogP contribution < -0.4 is 0 Å². The molecule has 0 radical (unpaired) electrons. The summed E-state index contributed by atoms with van der Waals surface area (Å²) in [6.45, 7) is 1.27. The summed E-state index contributed by atoms with van der Waals surface area (Å²) in [6, 6.07) is 0. The van der Waals surface area contributed by atoms with Gasteiger partial charge in [0, 0.05) is 5.41 Å². The Bertz CT molecular complexity index is 308. The molecule has 2 aliphatic carbocycles. The highest BCUT2D eigenvalue weighted by Crippen LogP contribution is 2.53. The zero-order valence-corrected chi connectivity index (χ0v) is 9.26. The Labute approximate surface area is 94.9 Å². The van der Waals surface area contributed by atoms with Crippen LogP contribution in [0, 0.1) is 5.41 Å². The van der Waals surface area contributed by atoms with Crippen LogP contribution in [-0.4, -0.2) is 41.9 Å². The molecule has 90 valence electrons. The fourth-order valence-electron chi connectivity index (χ4n) is 3.34. The molecular formula is C12H18O4. The molecule has 1 saturated heterocycles. The van der Waals surface area contributed by atoms with E-state index in [9.17, 15) is 10.2 Å². The fraction of sp³-hybridized carbons (Fsp3) is 0.833. The van der Waals surface area contributed by atoms with Crippen molar-refractivity contribution in [2.45, 2.75) is 44.2 Å². The van der Waals surface area contributed by atoms with E-state index in [0.717, 1.165) is 19.3 Å². The lowest BCUT2D eigenvalue weighted by Gasteiger charge is -2.41. The Morgan fingerprint density at radius 3 is 2.75 bits per heavy atom. The van der Waals surface area contributed by atoms with Crippen LogP contribution in [0.15, 0.2) is 11.6 Å². The van der Waals surface area contributed by atoms with Crippen LogP contribution in [0.2, 0.25) is 0 Å². The summed E-state index contributed by atoms with van der Waals surface area (Å²) < 4.78 is 11.2. The van der Waals surface area contributed by atoms with E-state index in [1.54, 1.807) is 0 Å². The molecule has 3 rings (SSSR count). The average Bonchev–Trinajstić information content (AvgIpc) is 2.87. The van der Waals surface area contributed by atoms with Gasteiger partial charge in [0.05, 0.1) is 25.4 Å². The van der Waals surface area contributed by atoms with Crippen LogP contribution >= 0.6 is 0 Å². The summed E-state index contributed by atoms with van der Waals surface area (Å²) >= 11 is 0. The lowest BCUT2D eigenvalue weighted by Crippen LogP contribution is -2.44. The summed E-state index contributed by atoms with van der Waals surface area (Å²) in [6.07, 6.45) is 3.83. The van der Waals surface area contributed by atoms with Crippen molar-refractivity contribution < 1.29 is 19.7 Å². The van der Waals surface area contributed by atoms with Gasteiger partial charge in [0.15, 0.2) is 6.29 Å². The van der Waals surface area contributed by atoms with Gasteiger partial charge >= 0.3 is 0 Å². The first kappa shape index (κ1) is 10.7. The van der Waals surface area contributed by atoms with Gasteiger partial charge < -0.3 is 19.7 Å². The number of hydrogen-bond acceptors (Lipinski definition) is 4. The molecule has 2 N–H and O–H groups in total. The third-order valence-electron chi connectivity index (χ3n) is 4.12. The minimum absolute atomic E-state index is 0.171. The van der Waals surface area contributed by atoms with E-state index in [2.05, 4.69) is 0 Å². The number of ether oxygens (including phenoxy) is 2. The minimum atomic E-state index is -0.720. The number of fused-ring (bicyclic) bond motifs is 1. The lowest BCUT2D eigenvalue weighted by atomic mass is 9.71. The van der Waals surface area contributed by atoms with E-state index < -0.39 is 12.2 Å². The maximum Gasteiger partial charge on any atom is 0.167 e. The van der Waals surface area contributed by atoms with Crippen molar-refractivity contribution in [3.05, 3.63) is 11.6 Å². The lowest BCUT2D eigenvalue weighted by molar-refractivity contribution is -0.139. The van der Waals surface area contributed by atoms with Crippen molar-refractivity contribution in [1.29, 1.82) is 0 Å². The summed E-state index contributed by atoms with van der Waals surface area (Å²) in [5.41, 5.74) is 1.05. The summed E-state index contributed by atoms with van der Waals surface area (Å²) in [5, 5.41) is 19.5. The highest BCUT2D eigenvalue weighted by molar-refractivity contribution is 5.26. The van der Waals surface area contributed by atoms with Crippen LogP contribution in [-0.2, 0) is 9.47 Å². The Hall–Kier alpha value is -0.420. The summed E-state index contributed by atoms with van der Waals surface area (Å²) in [5.74, 6) is 0. The van der Waals surface area contributed by atoms with Crippen molar-refractivity contribution in [2.75, 3.05) is 13.2 Å². The molecule has 1 heterocycles. The maximum atomic E-state index is 9.84. The molecule has 1 saturated carbocycles.